The molecule has 10 heteroatoms. The van der Waals surface area contributed by atoms with Gasteiger partial charge in [-0.1, -0.05) is 29.8 Å². The first-order chi connectivity index (χ1) is 15.8. The number of esters is 1. The number of nitrogens with one attached hydrogen (secondary N) is 1. The molecule has 0 aliphatic rings. The number of hydrogen-bond acceptors (Lipinski definition) is 7. The van der Waals surface area contributed by atoms with E-state index in [0.717, 1.165) is 0 Å². The summed E-state index contributed by atoms with van der Waals surface area (Å²) in [6, 6.07) is 11.7. The average Bonchev–Trinajstić information content (AvgIpc) is 2.78. The number of nitro groups is 1. The minimum absolute atomic E-state index is 0.190. The second-order valence-corrected chi connectivity index (χ2v) is 7.82. The third-order valence-electron chi connectivity index (χ3n) is 4.62. The molecule has 1 unspecified atom stereocenters. The van der Waals surface area contributed by atoms with E-state index >= 15 is 0 Å². The molecule has 9 nitrogen and oxygen atoms in total. The summed E-state index contributed by atoms with van der Waals surface area (Å²) in [7, 11) is 0. The minimum Gasteiger partial charge on any atom is -0.481 e. The Kier molecular flexibility index (Phi) is 7.78. The summed E-state index contributed by atoms with van der Waals surface area (Å²) >= 11 is 6.18. The maximum Gasteiger partial charge on any atom is 0.308 e. The molecule has 1 N–H and O–H groups in total. The van der Waals surface area contributed by atoms with Gasteiger partial charge in [-0.2, -0.15) is 0 Å². The largest absolute Gasteiger partial charge is 0.481 e. The Hall–Kier alpha value is -3.72. The topological polar surface area (TPSA) is 121 Å². The van der Waals surface area contributed by atoms with Crippen LogP contribution in [-0.4, -0.2) is 34.5 Å². The number of hydrogen-bond donors (Lipinski definition) is 1. The zero-order valence-electron chi connectivity index (χ0n) is 18.0. The quantitative estimate of drug-likeness (QED) is 0.279. The van der Waals surface area contributed by atoms with Crippen molar-refractivity contribution >= 4 is 40.1 Å². The summed E-state index contributed by atoms with van der Waals surface area (Å²) in [5.41, 5.74) is 0.470. The normalized spacial score (nSPS) is 11.8. The van der Waals surface area contributed by atoms with Gasteiger partial charge in [0, 0.05) is 17.6 Å². The lowest BCUT2D eigenvalue weighted by molar-refractivity contribution is -0.385. The van der Waals surface area contributed by atoms with Crippen molar-refractivity contribution in [2.45, 2.75) is 32.4 Å². The van der Waals surface area contributed by atoms with Crippen molar-refractivity contribution in [1.82, 2.24) is 10.3 Å². The number of fused-ring (bicyclic) bond motifs is 1. The highest BCUT2D eigenvalue weighted by atomic mass is 35.5. The van der Waals surface area contributed by atoms with Gasteiger partial charge < -0.3 is 14.8 Å². The highest BCUT2D eigenvalue weighted by molar-refractivity contribution is 6.35. The molecule has 0 radical (unpaired) electrons. The van der Waals surface area contributed by atoms with Gasteiger partial charge in [-0.25, -0.2) is 0 Å². The van der Waals surface area contributed by atoms with E-state index in [0.29, 0.717) is 21.7 Å². The second kappa shape index (κ2) is 10.7. The molecule has 1 heterocycles. The molecule has 2 aromatic carbocycles. The Balaban J connectivity index is 1.79. The van der Waals surface area contributed by atoms with Crippen molar-refractivity contribution in [3.63, 3.8) is 0 Å². The minimum atomic E-state index is -0.978. The maximum absolute atomic E-state index is 12.7. The molecule has 33 heavy (non-hydrogen) atoms. The van der Waals surface area contributed by atoms with E-state index in [4.69, 9.17) is 21.1 Å². The van der Waals surface area contributed by atoms with Crippen LogP contribution >= 0.6 is 11.6 Å². The van der Waals surface area contributed by atoms with Crippen LogP contribution in [0, 0.1) is 10.1 Å². The van der Waals surface area contributed by atoms with Crippen molar-refractivity contribution in [2.75, 3.05) is 6.61 Å². The lowest BCUT2D eigenvalue weighted by Gasteiger charge is -2.19. The molecular formula is C23H22ClN3O6. The van der Waals surface area contributed by atoms with Gasteiger partial charge in [0.25, 0.3) is 11.6 Å². The van der Waals surface area contributed by atoms with Gasteiger partial charge >= 0.3 is 5.97 Å². The molecule has 1 atom stereocenters. The van der Waals surface area contributed by atoms with Crippen molar-refractivity contribution in [2.24, 2.45) is 0 Å². The summed E-state index contributed by atoms with van der Waals surface area (Å²) in [5.74, 6) is -0.816. The third kappa shape index (κ3) is 6.17. The number of para-hydroxylation sites is 1. The van der Waals surface area contributed by atoms with Crippen molar-refractivity contribution < 1.29 is 24.0 Å². The summed E-state index contributed by atoms with van der Waals surface area (Å²) in [4.78, 5) is 40.1. The Morgan fingerprint density at radius 2 is 1.91 bits per heavy atom. The molecule has 3 aromatic rings. The SMILES string of the molecule is CC(C)OC(=O)CC(NC(=O)COc1ccc(Cl)c2cccnc12)c1ccccc1[N+](=O)[O-]. The smallest absolute Gasteiger partial charge is 0.308 e. The van der Waals surface area contributed by atoms with E-state index in [-0.39, 0.29) is 23.8 Å². The maximum atomic E-state index is 12.7. The third-order valence-corrected chi connectivity index (χ3v) is 4.95. The summed E-state index contributed by atoms with van der Waals surface area (Å²) < 4.78 is 10.8. The lowest BCUT2D eigenvalue weighted by atomic mass is 10.0. The molecule has 0 aliphatic heterocycles. The van der Waals surface area contributed by atoms with E-state index in [9.17, 15) is 19.7 Å². The lowest BCUT2D eigenvalue weighted by Crippen LogP contribution is -2.34. The molecular weight excluding hydrogens is 450 g/mol. The van der Waals surface area contributed by atoms with Crippen LogP contribution in [0.3, 0.4) is 0 Å². The molecule has 0 aliphatic carbocycles. The summed E-state index contributed by atoms with van der Waals surface area (Å²) in [6.45, 7) is 2.98. The summed E-state index contributed by atoms with van der Waals surface area (Å²) in [6.07, 6.45) is 0.935. The number of halogens is 1. The van der Waals surface area contributed by atoms with Crippen LogP contribution in [0.1, 0.15) is 31.9 Å². The first-order valence-electron chi connectivity index (χ1n) is 10.1. The number of carbonyl (C=O) groups is 2. The van der Waals surface area contributed by atoms with Gasteiger partial charge in [0.05, 0.1) is 34.1 Å². The molecule has 1 amide bonds. The standard InChI is InChI=1S/C23H22ClN3O6/c1-14(2)33-22(29)12-18(16-6-3-4-8-19(16)27(30)31)26-21(28)13-32-20-10-9-17(24)15-7-5-11-25-23(15)20/h3-11,14,18H,12-13H2,1-2H3,(H,26,28). The number of nitrogens with zero attached hydrogens (tertiary/aromatic N) is 2. The van der Waals surface area contributed by atoms with Crippen LogP contribution in [-0.2, 0) is 14.3 Å². The van der Waals surface area contributed by atoms with Gasteiger partial charge in [-0.15, -0.1) is 0 Å². The second-order valence-electron chi connectivity index (χ2n) is 7.41. The fourth-order valence-corrected chi connectivity index (χ4v) is 3.49. The van der Waals surface area contributed by atoms with Gasteiger partial charge in [-0.3, -0.25) is 24.7 Å². The predicted octanol–water partition coefficient (Wildman–Crippen LogP) is 4.37. The highest BCUT2D eigenvalue weighted by Crippen LogP contribution is 2.30. The number of ether oxygens (including phenoxy) is 2. The van der Waals surface area contributed by atoms with E-state index in [2.05, 4.69) is 10.3 Å². The number of benzene rings is 2. The van der Waals surface area contributed by atoms with E-state index < -0.39 is 29.4 Å². The van der Waals surface area contributed by atoms with Crippen LogP contribution in [0.25, 0.3) is 10.9 Å². The number of amides is 1. The molecule has 1 aromatic heterocycles. The Labute approximate surface area is 194 Å². The van der Waals surface area contributed by atoms with Gasteiger partial charge in [0.2, 0.25) is 0 Å². The number of rotatable bonds is 9. The summed E-state index contributed by atoms with van der Waals surface area (Å²) in [5, 5.41) is 15.3. The van der Waals surface area contributed by atoms with Crippen LogP contribution in [0.4, 0.5) is 5.69 Å². The molecule has 0 spiro atoms. The van der Waals surface area contributed by atoms with E-state index in [1.54, 1.807) is 50.4 Å². The van der Waals surface area contributed by atoms with Crippen LogP contribution in [0.5, 0.6) is 5.75 Å². The van der Waals surface area contributed by atoms with Crippen LogP contribution < -0.4 is 10.1 Å². The van der Waals surface area contributed by atoms with Gasteiger partial charge in [0.1, 0.15) is 11.3 Å². The highest BCUT2D eigenvalue weighted by Gasteiger charge is 2.26. The number of carbonyl (C=O) groups excluding carboxylic acids is 2. The molecule has 0 saturated carbocycles. The molecule has 0 bridgehead atoms. The molecule has 172 valence electrons. The number of aromatic nitrogens is 1. The average molecular weight is 472 g/mol. The number of nitro benzene ring substituents is 1. The number of pyridine rings is 1. The zero-order valence-corrected chi connectivity index (χ0v) is 18.7. The van der Waals surface area contributed by atoms with Gasteiger partial charge in [-0.05, 0) is 38.1 Å². The molecule has 3 rings (SSSR count). The fraction of sp³-hybridized carbons (Fsp3) is 0.261. The fourth-order valence-electron chi connectivity index (χ4n) is 3.27. The van der Waals surface area contributed by atoms with Crippen molar-refractivity contribution in [3.05, 3.63) is 75.4 Å². The van der Waals surface area contributed by atoms with Gasteiger partial charge in [0.15, 0.2) is 6.61 Å². The van der Waals surface area contributed by atoms with Crippen LogP contribution in [0.2, 0.25) is 5.02 Å². The van der Waals surface area contributed by atoms with E-state index in [1.165, 1.54) is 18.2 Å². The Bertz CT molecular complexity index is 1180. The first kappa shape index (κ1) is 23.9. The first-order valence-corrected chi connectivity index (χ1v) is 10.5. The zero-order chi connectivity index (χ0) is 24.0. The predicted molar refractivity (Wildman–Crippen MR) is 122 cm³/mol. The molecule has 0 fully saturated rings. The van der Waals surface area contributed by atoms with Crippen LogP contribution in [0.15, 0.2) is 54.7 Å². The van der Waals surface area contributed by atoms with E-state index in [1.807, 2.05) is 0 Å². The van der Waals surface area contributed by atoms with Crippen molar-refractivity contribution in [1.29, 1.82) is 0 Å². The Morgan fingerprint density at radius 3 is 2.64 bits per heavy atom. The Morgan fingerprint density at radius 1 is 1.15 bits per heavy atom. The monoisotopic (exact) mass is 471 g/mol. The molecule has 0 saturated heterocycles. The van der Waals surface area contributed by atoms with Crippen molar-refractivity contribution in [3.8, 4) is 5.75 Å².